The van der Waals surface area contributed by atoms with Crippen LogP contribution in [0.5, 0.6) is 0 Å². The van der Waals surface area contributed by atoms with Gasteiger partial charge in [0, 0.05) is 25.2 Å². The van der Waals surface area contributed by atoms with Gasteiger partial charge in [0.2, 0.25) is 0 Å². The maximum atomic E-state index is 11.6. The van der Waals surface area contributed by atoms with Crippen LogP contribution >= 0.6 is 0 Å². The molecule has 1 aromatic carbocycles. The van der Waals surface area contributed by atoms with Crippen molar-refractivity contribution in [2.45, 2.75) is 6.92 Å². The summed E-state index contributed by atoms with van der Waals surface area (Å²) < 4.78 is 0. The van der Waals surface area contributed by atoms with Gasteiger partial charge in [0.1, 0.15) is 0 Å². The Hall–Kier alpha value is -1.75. The molecule has 72 valence electrons. The molecule has 2 nitrogen and oxygen atoms in total. The molecular weight excluding hydrogens is 174 g/mol. The van der Waals surface area contributed by atoms with Crippen molar-refractivity contribution in [1.82, 2.24) is 4.90 Å². The van der Waals surface area contributed by atoms with Crippen LogP contribution in [0.1, 0.15) is 21.5 Å². The minimum atomic E-state index is -0.00308. The van der Waals surface area contributed by atoms with E-state index in [0.717, 1.165) is 11.1 Å². The van der Waals surface area contributed by atoms with Crippen molar-refractivity contribution in [3.63, 3.8) is 0 Å². The Bertz CT molecular complexity index is 399. The Morgan fingerprint density at radius 3 is 2.50 bits per heavy atom. The van der Waals surface area contributed by atoms with E-state index in [2.05, 4.69) is 5.92 Å². The molecule has 0 N–H and O–H groups in total. The van der Waals surface area contributed by atoms with Crippen LogP contribution in [-0.2, 0) is 0 Å². The zero-order valence-electron chi connectivity index (χ0n) is 8.66. The van der Waals surface area contributed by atoms with Gasteiger partial charge in [-0.2, -0.15) is 0 Å². The average Bonchev–Trinajstić information content (AvgIpc) is 2.16. The van der Waals surface area contributed by atoms with Crippen LogP contribution in [-0.4, -0.2) is 24.9 Å². The standard InChI is InChI=1S/C12H13NO/c1-5-10-6-7-11(8-9(10)2)12(14)13(3)4/h1,6-8H,2-4H3. The Labute approximate surface area is 84.5 Å². The highest BCUT2D eigenvalue weighted by molar-refractivity contribution is 5.94. The minimum absolute atomic E-state index is 0.00308. The summed E-state index contributed by atoms with van der Waals surface area (Å²) >= 11 is 0. The Morgan fingerprint density at radius 2 is 2.07 bits per heavy atom. The van der Waals surface area contributed by atoms with Gasteiger partial charge in [0.05, 0.1) is 0 Å². The first kappa shape index (κ1) is 10.3. The van der Waals surface area contributed by atoms with Gasteiger partial charge in [-0.05, 0) is 30.7 Å². The number of amides is 1. The molecule has 1 rings (SSSR count). The second-order valence-electron chi connectivity index (χ2n) is 3.37. The predicted molar refractivity (Wildman–Crippen MR) is 57.1 cm³/mol. The molecule has 0 bridgehead atoms. The van der Waals surface area contributed by atoms with Crippen molar-refractivity contribution >= 4 is 5.91 Å². The molecule has 0 unspecified atom stereocenters. The highest BCUT2D eigenvalue weighted by Crippen LogP contribution is 2.11. The summed E-state index contributed by atoms with van der Waals surface area (Å²) in [6, 6.07) is 5.37. The molecule has 14 heavy (non-hydrogen) atoms. The number of aryl methyl sites for hydroxylation is 1. The summed E-state index contributed by atoms with van der Waals surface area (Å²) in [7, 11) is 3.46. The normalized spacial score (nSPS) is 9.29. The smallest absolute Gasteiger partial charge is 0.253 e. The van der Waals surface area contributed by atoms with Gasteiger partial charge >= 0.3 is 0 Å². The SMILES string of the molecule is C#Cc1ccc(C(=O)N(C)C)cc1C. The molecule has 0 saturated carbocycles. The fourth-order valence-electron chi connectivity index (χ4n) is 1.22. The topological polar surface area (TPSA) is 20.3 Å². The molecule has 0 fully saturated rings. The van der Waals surface area contributed by atoms with Gasteiger partial charge in [-0.1, -0.05) is 5.92 Å². The van der Waals surface area contributed by atoms with Gasteiger partial charge in [0.15, 0.2) is 0 Å². The quantitative estimate of drug-likeness (QED) is 0.612. The summed E-state index contributed by atoms with van der Waals surface area (Å²) in [5, 5.41) is 0. The second-order valence-corrected chi connectivity index (χ2v) is 3.37. The van der Waals surface area contributed by atoms with Crippen LogP contribution in [0.15, 0.2) is 18.2 Å². The number of hydrogen-bond acceptors (Lipinski definition) is 1. The third-order valence-corrected chi connectivity index (χ3v) is 2.04. The molecule has 1 amide bonds. The first-order valence-electron chi connectivity index (χ1n) is 4.35. The van der Waals surface area contributed by atoms with E-state index in [0.29, 0.717) is 5.56 Å². The lowest BCUT2D eigenvalue weighted by Crippen LogP contribution is -2.21. The molecule has 0 saturated heterocycles. The molecule has 0 heterocycles. The van der Waals surface area contributed by atoms with Crippen LogP contribution in [0.3, 0.4) is 0 Å². The number of benzene rings is 1. The van der Waals surface area contributed by atoms with Crippen molar-refractivity contribution in [1.29, 1.82) is 0 Å². The van der Waals surface area contributed by atoms with Crippen molar-refractivity contribution in [3.8, 4) is 12.3 Å². The van der Waals surface area contributed by atoms with Crippen LogP contribution in [0.25, 0.3) is 0 Å². The summed E-state index contributed by atoms with van der Waals surface area (Å²) in [5.41, 5.74) is 2.46. The van der Waals surface area contributed by atoms with Gasteiger partial charge in [-0.25, -0.2) is 0 Å². The van der Waals surface area contributed by atoms with Gasteiger partial charge < -0.3 is 4.90 Å². The molecule has 1 aromatic rings. The number of terminal acetylenes is 1. The van der Waals surface area contributed by atoms with E-state index < -0.39 is 0 Å². The van der Waals surface area contributed by atoms with E-state index in [9.17, 15) is 4.79 Å². The molecule has 0 spiro atoms. The van der Waals surface area contributed by atoms with Crippen LogP contribution < -0.4 is 0 Å². The van der Waals surface area contributed by atoms with Crippen molar-refractivity contribution in [2.75, 3.05) is 14.1 Å². The van der Waals surface area contributed by atoms with Gasteiger partial charge in [-0.15, -0.1) is 6.42 Å². The fourth-order valence-corrected chi connectivity index (χ4v) is 1.22. The third-order valence-electron chi connectivity index (χ3n) is 2.04. The highest BCUT2D eigenvalue weighted by Gasteiger charge is 2.08. The number of rotatable bonds is 1. The number of hydrogen-bond donors (Lipinski definition) is 0. The zero-order valence-corrected chi connectivity index (χ0v) is 8.66. The van der Waals surface area contributed by atoms with Crippen molar-refractivity contribution in [2.24, 2.45) is 0 Å². The van der Waals surface area contributed by atoms with E-state index in [1.165, 1.54) is 0 Å². The van der Waals surface area contributed by atoms with Crippen molar-refractivity contribution < 1.29 is 4.79 Å². The largest absolute Gasteiger partial charge is 0.345 e. The molecular formula is C12H13NO. The summed E-state index contributed by atoms with van der Waals surface area (Å²) in [5.74, 6) is 2.56. The highest BCUT2D eigenvalue weighted by atomic mass is 16.2. The summed E-state index contributed by atoms with van der Waals surface area (Å²) in [4.78, 5) is 13.1. The maximum Gasteiger partial charge on any atom is 0.253 e. The third kappa shape index (κ3) is 1.94. The van der Waals surface area contributed by atoms with Crippen molar-refractivity contribution in [3.05, 3.63) is 34.9 Å². The predicted octanol–water partition coefficient (Wildman–Crippen LogP) is 1.68. The molecule has 0 radical (unpaired) electrons. The lowest BCUT2D eigenvalue weighted by molar-refractivity contribution is 0.0827. The molecule has 0 aromatic heterocycles. The number of nitrogens with zero attached hydrogens (tertiary/aromatic N) is 1. The second kappa shape index (κ2) is 3.97. The maximum absolute atomic E-state index is 11.6. The minimum Gasteiger partial charge on any atom is -0.345 e. The Balaban J connectivity index is 3.11. The fraction of sp³-hybridized carbons (Fsp3) is 0.250. The monoisotopic (exact) mass is 187 g/mol. The molecule has 0 aliphatic carbocycles. The van der Waals surface area contributed by atoms with Gasteiger partial charge in [-0.3, -0.25) is 4.79 Å². The summed E-state index contributed by atoms with van der Waals surface area (Å²) in [6.07, 6.45) is 5.29. The first-order chi connectivity index (χ1) is 6.56. The zero-order chi connectivity index (χ0) is 10.7. The average molecular weight is 187 g/mol. The van der Waals surface area contributed by atoms with Gasteiger partial charge in [0.25, 0.3) is 5.91 Å². The number of carbonyl (C=O) groups excluding carboxylic acids is 1. The van der Waals surface area contributed by atoms with E-state index in [1.807, 2.05) is 13.0 Å². The molecule has 0 atom stereocenters. The van der Waals surface area contributed by atoms with E-state index in [4.69, 9.17) is 6.42 Å². The van der Waals surface area contributed by atoms with Crippen LogP contribution in [0.2, 0.25) is 0 Å². The summed E-state index contributed by atoms with van der Waals surface area (Å²) in [6.45, 7) is 1.90. The number of carbonyl (C=O) groups is 1. The van der Waals surface area contributed by atoms with Crippen LogP contribution in [0.4, 0.5) is 0 Å². The van der Waals surface area contributed by atoms with Crippen LogP contribution in [0, 0.1) is 19.3 Å². The molecule has 0 aliphatic rings. The Morgan fingerprint density at radius 1 is 1.43 bits per heavy atom. The van der Waals surface area contributed by atoms with E-state index in [1.54, 1.807) is 31.1 Å². The lowest BCUT2D eigenvalue weighted by Gasteiger charge is -2.10. The van der Waals surface area contributed by atoms with E-state index in [-0.39, 0.29) is 5.91 Å². The first-order valence-corrected chi connectivity index (χ1v) is 4.35. The Kier molecular flexibility index (Phi) is 2.93. The molecule has 2 heteroatoms. The molecule has 0 aliphatic heterocycles. The lowest BCUT2D eigenvalue weighted by atomic mass is 10.1. The van der Waals surface area contributed by atoms with E-state index >= 15 is 0 Å².